The van der Waals surface area contributed by atoms with Crippen molar-refractivity contribution >= 4 is 45.0 Å². The topological polar surface area (TPSA) is 51.7 Å². The lowest BCUT2D eigenvalue weighted by atomic mass is 10.1. The number of anilines is 1. The van der Waals surface area contributed by atoms with Crippen molar-refractivity contribution in [1.82, 2.24) is 4.98 Å². The normalized spacial score (nSPS) is 10.6. The van der Waals surface area contributed by atoms with Gasteiger partial charge in [-0.05, 0) is 58.0 Å². The van der Waals surface area contributed by atoms with E-state index in [2.05, 4.69) is 27.6 Å². The number of nitrogens with zero attached hydrogens (tertiary/aromatic N) is 2. The maximum atomic E-state index is 13.4. The standard InChI is InChI=1S/C25H21IN2O3S/c1-30-23-15-19(11-12-22(23)31-17-18-7-3-2-4-8-18)16-28(25-27-13-14-32-25)24(29)20-9-5-6-10-21(20)26/h2-15H,16-17H2,1H3. The van der Waals surface area contributed by atoms with Crippen molar-refractivity contribution in [2.45, 2.75) is 13.2 Å². The van der Waals surface area contributed by atoms with Crippen LogP contribution in [0.3, 0.4) is 0 Å². The zero-order valence-electron chi connectivity index (χ0n) is 17.4. The summed E-state index contributed by atoms with van der Waals surface area (Å²) in [6.07, 6.45) is 1.71. The number of rotatable bonds is 8. The molecule has 4 aromatic rings. The minimum absolute atomic E-state index is 0.0895. The summed E-state index contributed by atoms with van der Waals surface area (Å²) in [5, 5.41) is 2.52. The largest absolute Gasteiger partial charge is 0.493 e. The van der Waals surface area contributed by atoms with Crippen LogP contribution in [0.4, 0.5) is 5.13 Å². The third-order valence-corrected chi connectivity index (χ3v) is 6.54. The van der Waals surface area contributed by atoms with E-state index in [9.17, 15) is 4.79 Å². The second-order valence-electron chi connectivity index (χ2n) is 6.95. The molecule has 162 valence electrons. The van der Waals surface area contributed by atoms with Crippen molar-refractivity contribution in [1.29, 1.82) is 0 Å². The summed E-state index contributed by atoms with van der Waals surface area (Å²) < 4.78 is 12.4. The summed E-state index contributed by atoms with van der Waals surface area (Å²) >= 11 is 3.62. The molecule has 0 spiro atoms. The zero-order chi connectivity index (χ0) is 22.3. The molecule has 0 N–H and O–H groups in total. The molecule has 0 aliphatic rings. The molecule has 32 heavy (non-hydrogen) atoms. The van der Waals surface area contributed by atoms with E-state index in [4.69, 9.17) is 9.47 Å². The molecule has 0 bridgehead atoms. The highest BCUT2D eigenvalue weighted by Gasteiger charge is 2.22. The molecule has 3 aromatic carbocycles. The fourth-order valence-corrected chi connectivity index (χ4v) is 4.46. The molecule has 0 radical (unpaired) electrons. The average molecular weight is 556 g/mol. The van der Waals surface area contributed by atoms with Gasteiger partial charge in [0.05, 0.1) is 19.2 Å². The first-order valence-corrected chi connectivity index (χ1v) is 11.9. The third kappa shape index (κ3) is 5.28. The minimum atomic E-state index is -0.0895. The maximum Gasteiger partial charge on any atom is 0.261 e. The highest BCUT2D eigenvalue weighted by molar-refractivity contribution is 14.1. The van der Waals surface area contributed by atoms with Crippen molar-refractivity contribution in [3.05, 3.63) is 105 Å². The summed E-state index contributed by atoms with van der Waals surface area (Å²) in [5.74, 6) is 1.19. The molecule has 0 aliphatic carbocycles. The van der Waals surface area contributed by atoms with Crippen molar-refractivity contribution in [3.8, 4) is 11.5 Å². The predicted octanol–water partition coefficient (Wildman–Crippen LogP) is 6.18. The van der Waals surface area contributed by atoms with Gasteiger partial charge >= 0.3 is 0 Å². The lowest BCUT2D eigenvalue weighted by Crippen LogP contribution is -2.31. The molecular formula is C25H21IN2O3S. The first-order valence-electron chi connectivity index (χ1n) is 9.95. The van der Waals surface area contributed by atoms with Gasteiger partial charge in [-0.15, -0.1) is 11.3 Å². The van der Waals surface area contributed by atoms with Crippen molar-refractivity contribution in [2.75, 3.05) is 12.0 Å². The number of hydrogen-bond acceptors (Lipinski definition) is 5. The molecular weight excluding hydrogens is 535 g/mol. The van der Waals surface area contributed by atoms with Crippen LogP contribution in [0, 0.1) is 3.57 Å². The highest BCUT2D eigenvalue weighted by atomic mass is 127. The van der Waals surface area contributed by atoms with Crippen LogP contribution in [-0.2, 0) is 13.2 Å². The number of methoxy groups -OCH3 is 1. The average Bonchev–Trinajstić information content (AvgIpc) is 3.37. The molecule has 1 amide bonds. The molecule has 0 aliphatic heterocycles. The number of carbonyl (C=O) groups is 1. The first kappa shape index (κ1) is 22.3. The summed E-state index contributed by atoms with van der Waals surface area (Å²) in [6.45, 7) is 0.819. The fourth-order valence-electron chi connectivity index (χ4n) is 3.20. The molecule has 0 unspecified atom stereocenters. The SMILES string of the molecule is COc1cc(CN(C(=O)c2ccccc2I)c2nccs2)ccc1OCc1ccccc1. The van der Waals surface area contributed by atoms with Gasteiger partial charge in [-0.1, -0.05) is 48.5 Å². The van der Waals surface area contributed by atoms with E-state index in [1.54, 1.807) is 18.2 Å². The molecule has 4 rings (SSSR count). The first-order chi connectivity index (χ1) is 15.7. The van der Waals surface area contributed by atoms with Gasteiger partial charge in [0.1, 0.15) is 6.61 Å². The number of benzene rings is 3. The molecule has 0 saturated carbocycles. The van der Waals surface area contributed by atoms with Crippen molar-refractivity contribution in [2.24, 2.45) is 0 Å². The summed E-state index contributed by atoms with van der Waals surface area (Å²) in [6, 6.07) is 23.3. The van der Waals surface area contributed by atoms with Gasteiger partial charge in [0.25, 0.3) is 5.91 Å². The second-order valence-corrected chi connectivity index (χ2v) is 8.98. The van der Waals surface area contributed by atoms with Crippen LogP contribution in [0.1, 0.15) is 21.5 Å². The second kappa shape index (κ2) is 10.6. The number of halogens is 1. The van der Waals surface area contributed by atoms with E-state index in [-0.39, 0.29) is 5.91 Å². The van der Waals surface area contributed by atoms with Crippen LogP contribution in [0.5, 0.6) is 11.5 Å². The van der Waals surface area contributed by atoms with Gasteiger partial charge in [0, 0.05) is 15.1 Å². The van der Waals surface area contributed by atoms with E-state index >= 15 is 0 Å². The van der Waals surface area contributed by atoms with Gasteiger partial charge < -0.3 is 9.47 Å². The van der Waals surface area contributed by atoms with E-state index in [0.717, 1.165) is 14.7 Å². The Labute approximate surface area is 204 Å². The Morgan fingerprint density at radius 2 is 1.78 bits per heavy atom. The van der Waals surface area contributed by atoms with Gasteiger partial charge in [-0.25, -0.2) is 4.98 Å². The maximum absolute atomic E-state index is 13.4. The molecule has 0 fully saturated rings. The zero-order valence-corrected chi connectivity index (χ0v) is 20.4. The molecule has 1 aromatic heterocycles. The Kier molecular flexibility index (Phi) is 7.39. The Morgan fingerprint density at radius 1 is 1.00 bits per heavy atom. The number of amides is 1. The number of ether oxygens (including phenoxy) is 2. The quantitative estimate of drug-likeness (QED) is 0.243. The lowest BCUT2D eigenvalue weighted by Gasteiger charge is -2.21. The minimum Gasteiger partial charge on any atom is -0.493 e. The van der Waals surface area contributed by atoms with Crippen molar-refractivity contribution in [3.63, 3.8) is 0 Å². The van der Waals surface area contributed by atoms with E-state index in [0.29, 0.717) is 35.3 Å². The van der Waals surface area contributed by atoms with Crippen LogP contribution in [0.2, 0.25) is 0 Å². The number of hydrogen-bond donors (Lipinski definition) is 0. The van der Waals surface area contributed by atoms with Crippen LogP contribution in [0.25, 0.3) is 0 Å². The summed E-state index contributed by atoms with van der Waals surface area (Å²) in [5.41, 5.74) is 2.65. The molecule has 0 atom stereocenters. The molecule has 0 saturated heterocycles. The van der Waals surface area contributed by atoms with Crippen LogP contribution in [-0.4, -0.2) is 18.0 Å². The van der Waals surface area contributed by atoms with E-state index in [1.807, 2.05) is 78.2 Å². The molecule has 5 nitrogen and oxygen atoms in total. The Bertz CT molecular complexity index is 1180. The third-order valence-electron chi connectivity index (χ3n) is 4.81. The Hall–Kier alpha value is -2.91. The predicted molar refractivity (Wildman–Crippen MR) is 136 cm³/mol. The highest BCUT2D eigenvalue weighted by Crippen LogP contribution is 2.31. The Morgan fingerprint density at radius 3 is 2.50 bits per heavy atom. The lowest BCUT2D eigenvalue weighted by molar-refractivity contribution is 0.0984. The monoisotopic (exact) mass is 556 g/mol. The van der Waals surface area contributed by atoms with Crippen molar-refractivity contribution < 1.29 is 14.3 Å². The summed E-state index contributed by atoms with van der Waals surface area (Å²) in [4.78, 5) is 19.5. The molecule has 1 heterocycles. The van der Waals surface area contributed by atoms with Gasteiger partial charge in [0.2, 0.25) is 0 Å². The molecule has 7 heteroatoms. The van der Waals surface area contributed by atoms with E-state index in [1.165, 1.54) is 11.3 Å². The number of thiazole rings is 1. The Balaban J connectivity index is 1.57. The van der Waals surface area contributed by atoms with Gasteiger partial charge in [-0.3, -0.25) is 9.69 Å². The fraction of sp³-hybridized carbons (Fsp3) is 0.120. The van der Waals surface area contributed by atoms with Crippen LogP contribution < -0.4 is 14.4 Å². The number of carbonyl (C=O) groups excluding carboxylic acids is 1. The number of aromatic nitrogens is 1. The van der Waals surface area contributed by atoms with E-state index < -0.39 is 0 Å². The van der Waals surface area contributed by atoms with Crippen LogP contribution >= 0.6 is 33.9 Å². The van der Waals surface area contributed by atoms with Gasteiger partial charge in [-0.2, -0.15) is 0 Å². The summed E-state index contributed by atoms with van der Waals surface area (Å²) in [7, 11) is 1.62. The van der Waals surface area contributed by atoms with Gasteiger partial charge in [0.15, 0.2) is 16.6 Å². The smallest absolute Gasteiger partial charge is 0.261 e. The van der Waals surface area contributed by atoms with Crippen LogP contribution in [0.15, 0.2) is 84.4 Å².